The maximum atomic E-state index is 7.00. The molecule has 0 aliphatic heterocycles. The normalized spacial score (nSPS) is 10.8. The molecule has 0 spiro atoms. The van der Waals surface area contributed by atoms with Crippen LogP contribution in [-0.4, -0.2) is 25.3 Å². The van der Waals surface area contributed by atoms with Gasteiger partial charge in [0.2, 0.25) is 0 Å². The van der Waals surface area contributed by atoms with Crippen LogP contribution < -0.4 is 5.32 Å². The van der Waals surface area contributed by atoms with Crippen molar-refractivity contribution >= 4 is 5.57 Å². The molecule has 0 heterocycles. The zero-order valence-electron chi connectivity index (χ0n) is 14.3. The van der Waals surface area contributed by atoms with Gasteiger partial charge in [-0.2, -0.15) is 0 Å². The van der Waals surface area contributed by atoms with Crippen LogP contribution in [0.3, 0.4) is 0 Å². The van der Waals surface area contributed by atoms with E-state index in [2.05, 4.69) is 56.9 Å². The fourth-order valence-corrected chi connectivity index (χ4v) is 1.89. The summed E-state index contributed by atoms with van der Waals surface area (Å²) < 4.78 is 0. The number of aliphatic hydroxyl groups is 1. The number of benzene rings is 1. The van der Waals surface area contributed by atoms with Crippen molar-refractivity contribution in [1.29, 1.82) is 0 Å². The number of nitrogens with one attached hydrogen (secondary N) is 1. The van der Waals surface area contributed by atoms with Gasteiger partial charge in [0.15, 0.2) is 0 Å². The smallest absolute Gasteiger partial charge is 0.0319 e. The quantitative estimate of drug-likeness (QED) is 0.849. The average molecular weight is 279 g/mol. The van der Waals surface area contributed by atoms with Gasteiger partial charge in [-0.15, -0.1) is 0 Å². The molecule has 0 amide bonds. The monoisotopic (exact) mass is 279 g/mol. The fourth-order valence-electron chi connectivity index (χ4n) is 1.89. The Hall–Kier alpha value is -1.12. The van der Waals surface area contributed by atoms with Gasteiger partial charge in [-0.1, -0.05) is 64.1 Å². The van der Waals surface area contributed by atoms with E-state index in [1.54, 1.807) is 0 Å². The molecule has 2 nitrogen and oxygen atoms in total. The van der Waals surface area contributed by atoms with Crippen LogP contribution in [0, 0.1) is 5.92 Å². The van der Waals surface area contributed by atoms with Crippen LogP contribution in [-0.2, 0) is 6.42 Å². The number of rotatable bonds is 5. The Bertz CT molecular complexity index is 358. The summed E-state index contributed by atoms with van der Waals surface area (Å²) in [7, 11) is 3.03. The van der Waals surface area contributed by atoms with Gasteiger partial charge in [0, 0.05) is 13.2 Å². The molecule has 0 bridgehead atoms. The molecule has 0 aliphatic carbocycles. The van der Waals surface area contributed by atoms with E-state index >= 15 is 0 Å². The van der Waals surface area contributed by atoms with Crippen LogP contribution in [0.2, 0.25) is 0 Å². The predicted octanol–water partition coefficient (Wildman–Crippen LogP) is 4.14. The minimum atomic E-state index is 0.542. The van der Waals surface area contributed by atoms with Crippen molar-refractivity contribution in [2.75, 3.05) is 14.2 Å². The molecule has 2 N–H and O–H groups in total. The van der Waals surface area contributed by atoms with E-state index in [1.807, 2.05) is 20.9 Å². The number of hydrogen-bond acceptors (Lipinski definition) is 2. The van der Waals surface area contributed by atoms with Gasteiger partial charge >= 0.3 is 0 Å². The zero-order valence-corrected chi connectivity index (χ0v) is 14.3. The maximum Gasteiger partial charge on any atom is 0.0319 e. The van der Waals surface area contributed by atoms with Crippen molar-refractivity contribution in [3.05, 3.63) is 42.0 Å². The Labute approximate surface area is 125 Å². The van der Waals surface area contributed by atoms with E-state index in [-0.39, 0.29) is 0 Å². The zero-order chi connectivity index (χ0) is 16.1. The molecular formula is C18H33NO. The van der Waals surface area contributed by atoms with Gasteiger partial charge in [-0.3, -0.25) is 0 Å². The van der Waals surface area contributed by atoms with E-state index < -0.39 is 0 Å². The van der Waals surface area contributed by atoms with Crippen molar-refractivity contribution < 1.29 is 5.11 Å². The molecule has 20 heavy (non-hydrogen) atoms. The van der Waals surface area contributed by atoms with E-state index in [4.69, 9.17) is 5.11 Å². The van der Waals surface area contributed by atoms with Crippen LogP contribution in [0.25, 0.3) is 5.57 Å². The highest BCUT2D eigenvalue weighted by Crippen LogP contribution is 2.16. The second-order valence-electron chi connectivity index (χ2n) is 4.82. The van der Waals surface area contributed by atoms with Crippen LogP contribution in [0.4, 0.5) is 0 Å². The molecule has 0 saturated heterocycles. The third kappa shape index (κ3) is 8.13. The van der Waals surface area contributed by atoms with E-state index in [1.165, 1.54) is 11.1 Å². The molecule has 116 valence electrons. The second-order valence-corrected chi connectivity index (χ2v) is 4.82. The highest BCUT2D eigenvalue weighted by molar-refractivity contribution is 5.61. The molecule has 0 aromatic heterocycles. The number of likely N-dealkylation sites (N-methyl/N-ethyl adjacent to an activating group) is 1. The summed E-state index contributed by atoms with van der Waals surface area (Å²) >= 11 is 0. The first-order valence-electron chi connectivity index (χ1n) is 7.41. The third-order valence-electron chi connectivity index (χ3n) is 3.05. The molecule has 0 saturated carbocycles. The Morgan fingerprint density at radius 1 is 1.25 bits per heavy atom. The van der Waals surface area contributed by atoms with Gasteiger partial charge in [0.05, 0.1) is 0 Å². The first-order valence-corrected chi connectivity index (χ1v) is 7.41. The highest BCUT2D eigenvalue weighted by Gasteiger charge is 2.11. The Balaban J connectivity index is 0. The molecule has 0 fully saturated rings. The first-order chi connectivity index (χ1) is 9.54. The van der Waals surface area contributed by atoms with Crippen LogP contribution in [0.1, 0.15) is 45.7 Å². The SMILES string of the molecule is C=C(C)c1cccc(CC(NC)C(C)C)c1.CC.CO. The lowest BCUT2D eigenvalue weighted by Crippen LogP contribution is -2.32. The molecule has 1 atom stereocenters. The summed E-state index contributed by atoms with van der Waals surface area (Å²) in [6.45, 7) is 14.5. The van der Waals surface area contributed by atoms with Crippen molar-refractivity contribution in [3.8, 4) is 0 Å². The highest BCUT2D eigenvalue weighted by atomic mass is 16.2. The molecule has 1 unspecified atom stereocenters. The molecule has 0 radical (unpaired) electrons. The van der Waals surface area contributed by atoms with E-state index in [0.29, 0.717) is 12.0 Å². The minimum absolute atomic E-state index is 0.542. The fraction of sp³-hybridized carbons (Fsp3) is 0.556. The van der Waals surface area contributed by atoms with Gasteiger partial charge in [-0.05, 0) is 37.4 Å². The number of hydrogen-bond donors (Lipinski definition) is 2. The van der Waals surface area contributed by atoms with Crippen LogP contribution >= 0.6 is 0 Å². The molecular weight excluding hydrogens is 246 g/mol. The number of aliphatic hydroxyl groups excluding tert-OH is 1. The third-order valence-corrected chi connectivity index (χ3v) is 3.05. The van der Waals surface area contributed by atoms with Crippen molar-refractivity contribution in [1.82, 2.24) is 5.32 Å². The maximum absolute atomic E-state index is 7.00. The summed E-state index contributed by atoms with van der Waals surface area (Å²) in [4.78, 5) is 0. The lowest BCUT2D eigenvalue weighted by atomic mass is 9.95. The Kier molecular flexibility index (Phi) is 13.7. The van der Waals surface area contributed by atoms with Crippen molar-refractivity contribution in [2.45, 2.75) is 47.1 Å². The summed E-state index contributed by atoms with van der Waals surface area (Å²) in [6, 6.07) is 9.22. The van der Waals surface area contributed by atoms with Gasteiger partial charge in [0.1, 0.15) is 0 Å². The summed E-state index contributed by atoms with van der Waals surface area (Å²) in [5.41, 5.74) is 3.76. The van der Waals surface area contributed by atoms with E-state index in [9.17, 15) is 0 Å². The Morgan fingerprint density at radius 3 is 2.20 bits per heavy atom. The van der Waals surface area contributed by atoms with Gasteiger partial charge in [0.25, 0.3) is 0 Å². The second kappa shape index (κ2) is 12.9. The van der Waals surface area contributed by atoms with Gasteiger partial charge in [-0.25, -0.2) is 0 Å². The lowest BCUT2D eigenvalue weighted by Gasteiger charge is -2.20. The summed E-state index contributed by atoms with van der Waals surface area (Å²) in [5.74, 6) is 0.651. The molecule has 1 rings (SSSR count). The summed E-state index contributed by atoms with van der Waals surface area (Å²) in [6.07, 6.45) is 1.08. The molecule has 1 aromatic carbocycles. The standard InChI is InChI=1S/C15H23N.C2H6.CH4O/c1-11(2)14-8-6-7-13(9-14)10-15(16-5)12(3)4;2*1-2/h6-9,12,15-16H,1,10H2,2-5H3;1-2H3;2H,1H3. The molecule has 2 heteroatoms. The Morgan fingerprint density at radius 2 is 1.80 bits per heavy atom. The van der Waals surface area contributed by atoms with Crippen molar-refractivity contribution in [2.24, 2.45) is 5.92 Å². The topological polar surface area (TPSA) is 32.3 Å². The minimum Gasteiger partial charge on any atom is -0.400 e. The van der Waals surface area contributed by atoms with Crippen LogP contribution in [0.5, 0.6) is 0 Å². The van der Waals surface area contributed by atoms with Gasteiger partial charge < -0.3 is 10.4 Å². The van der Waals surface area contributed by atoms with E-state index in [0.717, 1.165) is 19.1 Å². The first kappa shape index (κ1) is 21.2. The average Bonchev–Trinajstić information content (AvgIpc) is 2.49. The molecule has 0 aliphatic rings. The predicted molar refractivity (Wildman–Crippen MR) is 92.0 cm³/mol. The number of allylic oxidation sites excluding steroid dienone is 1. The lowest BCUT2D eigenvalue weighted by molar-refractivity contribution is 0.399. The summed E-state index contributed by atoms with van der Waals surface area (Å²) in [5, 5.41) is 10.4. The molecule has 1 aromatic rings. The largest absolute Gasteiger partial charge is 0.400 e. The van der Waals surface area contributed by atoms with Crippen LogP contribution in [0.15, 0.2) is 30.8 Å². The van der Waals surface area contributed by atoms with Crippen molar-refractivity contribution in [3.63, 3.8) is 0 Å².